The van der Waals surface area contributed by atoms with E-state index in [-0.39, 0.29) is 18.0 Å². The average Bonchev–Trinajstić information content (AvgIpc) is 2.53. The van der Waals surface area contributed by atoms with Gasteiger partial charge in [-0.25, -0.2) is 0 Å². The quantitative estimate of drug-likeness (QED) is 0.878. The van der Waals surface area contributed by atoms with E-state index >= 15 is 0 Å². The second kappa shape index (κ2) is 5.99. The molecule has 4 nitrogen and oxygen atoms in total. The lowest BCUT2D eigenvalue weighted by Crippen LogP contribution is -2.30. The predicted molar refractivity (Wildman–Crippen MR) is 82.5 cm³/mol. The molecule has 1 heterocycles. The zero-order valence-electron chi connectivity index (χ0n) is 12.4. The first-order chi connectivity index (χ1) is 11.3. The number of carbonyl (C=O) groups is 2. The van der Waals surface area contributed by atoms with E-state index in [9.17, 15) is 22.8 Å². The highest BCUT2D eigenvalue weighted by molar-refractivity contribution is 6.05. The Kier molecular flexibility index (Phi) is 4.01. The molecule has 0 spiro atoms. The normalized spacial score (nSPS) is 17.0. The van der Waals surface area contributed by atoms with Crippen molar-refractivity contribution in [1.29, 1.82) is 0 Å². The van der Waals surface area contributed by atoms with Crippen LogP contribution in [0.2, 0.25) is 0 Å². The van der Waals surface area contributed by atoms with Crippen molar-refractivity contribution in [3.8, 4) is 0 Å². The summed E-state index contributed by atoms with van der Waals surface area (Å²) in [5, 5.41) is 5.25. The maximum atomic E-state index is 12.5. The van der Waals surface area contributed by atoms with E-state index in [1.165, 1.54) is 12.1 Å². The standard InChI is InChI=1S/C17H13F3N2O2/c18-17(19,20)10-5-7-11(8-6-10)21-16(24)13-9-15(23)22-14-4-2-1-3-12(13)14/h1-8,13H,9H2,(H,21,24)(H,22,23)/t13-/m0/s1. The van der Waals surface area contributed by atoms with Crippen molar-refractivity contribution in [3.05, 3.63) is 59.7 Å². The summed E-state index contributed by atoms with van der Waals surface area (Å²) >= 11 is 0. The number of nitrogens with one attached hydrogen (secondary N) is 2. The first-order valence-electron chi connectivity index (χ1n) is 7.21. The van der Waals surface area contributed by atoms with Gasteiger partial charge in [-0.1, -0.05) is 18.2 Å². The summed E-state index contributed by atoms with van der Waals surface area (Å²) < 4.78 is 37.6. The molecule has 24 heavy (non-hydrogen) atoms. The molecule has 2 amide bonds. The van der Waals surface area contributed by atoms with Crippen LogP contribution in [-0.2, 0) is 15.8 Å². The SMILES string of the molecule is O=C1C[C@H](C(=O)Nc2ccc(C(F)(F)F)cc2)c2ccccc2N1. The maximum Gasteiger partial charge on any atom is 0.416 e. The van der Waals surface area contributed by atoms with Crippen LogP contribution in [0.1, 0.15) is 23.5 Å². The summed E-state index contributed by atoms with van der Waals surface area (Å²) in [6.45, 7) is 0. The number of carbonyl (C=O) groups excluding carboxylic acids is 2. The lowest BCUT2D eigenvalue weighted by atomic mass is 9.90. The van der Waals surface area contributed by atoms with Crippen molar-refractivity contribution in [1.82, 2.24) is 0 Å². The molecule has 0 fully saturated rings. The van der Waals surface area contributed by atoms with E-state index in [2.05, 4.69) is 10.6 Å². The number of alkyl halides is 3. The monoisotopic (exact) mass is 334 g/mol. The minimum Gasteiger partial charge on any atom is -0.326 e. The van der Waals surface area contributed by atoms with Crippen molar-refractivity contribution in [2.24, 2.45) is 0 Å². The van der Waals surface area contributed by atoms with Crippen LogP contribution in [0.25, 0.3) is 0 Å². The van der Waals surface area contributed by atoms with Crippen molar-refractivity contribution in [2.75, 3.05) is 10.6 Å². The van der Waals surface area contributed by atoms with E-state index < -0.39 is 23.6 Å². The van der Waals surface area contributed by atoms with Crippen molar-refractivity contribution in [3.63, 3.8) is 0 Å². The van der Waals surface area contributed by atoms with Crippen molar-refractivity contribution < 1.29 is 22.8 Å². The number of hydrogen-bond donors (Lipinski definition) is 2. The molecule has 3 rings (SSSR count). The van der Waals surface area contributed by atoms with Crippen LogP contribution in [0.3, 0.4) is 0 Å². The number of anilines is 2. The second-order valence-corrected chi connectivity index (χ2v) is 5.46. The topological polar surface area (TPSA) is 58.2 Å². The smallest absolute Gasteiger partial charge is 0.326 e. The van der Waals surface area contributed by atoms with E-state index in [1.54, 1.807) is 24.3 Å². The van der Waals surface area contributed by atoms with Crippen LogP contribution in [-0.4, -0.2) is 11.8 Å². The molecular weight excluding hydrogens is 321 g/mol. The Morgan fingerprint density at radius 2 is 1.75 bits per heavy atom. The molecule has 0 saturated heterocycles. The van der Waals surface area contributed by atoms with Gasteiger partial charge in [0.25, 0.3) is 0 Å². The zero-order valence-corrected chi connectivity index (χ0v) is 12.4. The summed E-state index contributed by atoms with van der Waals surface area (Å²) in [6.07, 6.45) is -4.44. The minimum absolute atomic E-state index is 0.0104. The molecule has 0 unspecified atom stereocenters. The molecular formula is C17H13F3N2O2. The van der Waals surface area contributed by atoms with Crippen LogP contribution in [0.5, 0.6) is 0 Å². The largest absolute Gasteiger partial charge is 0.416 e. The summed E-state index contributed by atoms with van der Waals surface area (Å²) in [7, 11) is 0. The Morgan fingerprint density at radius 1 is 1.08 bits per heavy atom. The van der Waals surface area contributed by atoms with Crippen molar-refractivity contribution in [2.45, 2.75) is 18.5 Å². The third kappa shape index (κ3) is 3.24. The minimum atomic E-state index is -4.43. The Balaban J connectivity index is 1.79. The molecule has 0 saturated carbocycles. The highest BCUT2D eigenvalue weighted by Gasteiger charge is 2.32. The zero-order chi connectivity index (χ0) is 17.3. The molecule has 2 aromatic rings. The van der Waals surface area contributed by atoms with Gasteiger partial charge in [-0.3, -0.25) is 9.59 Å². The van der Waals surface area contributed by atoms with Crippen molar-refractivity contribution >= 4 is 23.2 Å². The maximum absolute atomic E-state index is 12.5. The van der Waals surface area contributed by atoms with Gasteiger partial charge in [0.1, 0.15) is 0 Å². The molecule has 1 aliphatic heterocycles. The summed E-state index contributed by atoms with van der Waals surface area (Å²) in [4.78, 5) is 24.2. The van der Waals surface area contributed by atoms with E-state index in [0.717, 1.165) is 12.1 Å². The molecule has 7 heteroatoms. The van der Waals surface area contributed by atoms with E-state index in [4.69, 9.17) is 0 Å². The van der Waals surface area contributed by atoms with Gasteiger partial charge in [-0.2, -0.15) is 13.2 Å². The number of fused-ring (bicyclic) bond motifs is 1. The number of hydrogen-bond acceptors (Lipinski definition) is 2. The van der Waals surface area contributed by atoms with Gasteiger partial charge in [0.15, 0.2) is 0 Å². The van der Waals surface area contributed by atoms with Gasteiger partial charge < -0.3 is 10.6 Å². The first kappa shape index (κ1) is 16.0. The molecule has 2 aromatic carbocycles. The lowest BCUT2D eigenvalue weighted by Gasteiger charge is -2.24. The highest BCUT2D eigenvalue weighted by Crippen LogP contribution is 2.33. The second-order valence-electron chi connectivity index (χ2n) is 5.46. The van der Waals surface area contributed by atoms with Crippen LogP contribution in [0.15, 0.2) is 48.5 Å². The van der Waals surface area contributed by atoms with Crippen LogP contribution in [0, 0.1) is 0 Å². The van der Waals surface area contributed by atoms with Crippen LogP contribution < -0.4 is 10.6 Å². The molecule has 0 radical (unpaired) electrons. The van der Waals surface area contributed by atoms with Gasteiger partial charge in [-0.05, 0) is 35.9 Å². The number of benzene rings is 2. The van der Waals surface area contributed by atoms with Gasteiger partial charge in [0, 0.05) is 17.8 Å². The molecule has 2 N–H and O–H groups in total. The molecule has 124 valence electrons. The number of para-hydroxylation sites is 1. The fourth-order valence-corrected chi connectivity index (χ4v) is 2.62. The van der Waals surface area contributed by atoms with Gasteiger partial charge >= 0.3 is 6.18 Å². The first-order valence-corrected chi connectivity index (χ1v) is 7.21. The average molecular weight is 334 g/mol. The molecule has 0 bridgehead atoms. The third-order valence-electron chi connectivity index (χ3n) is 3.80. The Morgan fingerprint density at radius 3 is 2.42 bits per heavy atom. The summed E-state index contributed by atoms with van der Waals surface area (Å²) in [5.74, 6) is -1.39. The molecule has 0 aliphatic carbocycles. The van der Waals surface area contributed by atoms with Gasteiger partial charge in [-0.15, -0.1) is 0 Å². The molecule has 1 aliphatic rings. The number of amides is 2. The summed E-state index contributed by atoms with van der Waals surface area (Å²) in [5.41, 5.74) is 0.710. The Bertz CT molecular complexity index is 785. The third-order valence-corrected chi connectivity index (χ3v) is 3.80. The fraction of sp³-hybridized carbons (Fsp3) is 0.176. The fourth-order valence-electron chi connectivity index (χ4n) is 2.62. The van der Waals surface area contributed by atoms with Gasteiger partial charge in [0.2, 0.25) is 11.8 Å². The van der Waals surface area contributed by atoms with Crippen LogP contribution in [0.4, 0.5) is 24.5 Å². The number of rotatable bonds is 2. The van der Waals surface area contributed by atoms with E-state index in [1.807, 2.05) is 0 Å². The van der Waals surface area contributed by atoms with Crippen LogP contribution >= 0.6 is 0 Å². The number of halogens is 3. The lowest BCUT2D eigenvalue weighted by molar-refractivity contribution is -0.137. The highest BCUT2D eigenvalue weighted by atomic mass is 19.4. The predicted octanol–water partition coefficient (Wildman–Crippen LogP) is 3.77. The van der Waals surface area contributed by atoms with E-state index in [0.29, 0.717) is 11.3 Å². The molecule has 1 atom stereocenters. The molecule has 0 aromatic heterocycles. The Labute approximate surface area is 135 Å². The summed E-state index contributed by atoms with van der Waals surface area (Å²) in [6, 6.07) is 11.1. The van der Waals surface area contributed by atoms with Gasteiger partial charge in [0.05, 0.1) is 11.5 Å². The Hall–Kier alpha value is -2.83.